The fourth-order valence-corrected chi connectivity index (χ4v) is 1.60. The predicted molar refractivity (Wildman–Crippen MR) is 68.9 cm³/mol. The molecule has 0 radical (unpaired) electrons. The van der Waals surface area contributed by atoms with Crippen LogP contribution < -0.4 is 5.32 Å². The average molecular weight is 242 g/mol. The Morgan fingerprint density at radius 3 is 2.56 bits per heavy atom. The number of aliphatic hydroxyl groups is 1. The molecule has 0 aliphatic heterocycles. The first-order chi connectivity index (χ1) is 8.75. The van der Waals surface area contributed by atoms with Gasteiger partial charge >= 0.3 is 0 Å². The van der Waals surface area contributed by atoms with Gasteiger partial charge in [-0.25, -0.2) is 4.98 Å². The number of pyridine rings is 1. The maximum Gasteiger partial charge on any atom is 0.228 e. The fraction of sp³-hybridized carbons (Fsp3) is 0.143. The number of amides is 1. The smallest absolute Gasteiger partial charge is 0.228 e. The Hall–Kier alpha value is -2.20. The van der Waals surface area contributed by atoms with E-state index in [0.29, 0.717) is 5.82 Å². The van der Waals surface area contributed by atoms with Gasteiger partial charge in [-0.15, -0.1) is 0 Å². The van der Waals surface area contributed by atoms with E-state index in [-0.39, 0.29) is 12.3 Å². The Morgan fingerprint density at radius 2 is 1.89 bits per heavy atom. The summed E-state index contributed by atoms with van der Waals surface area (Å²) in [6, 6.07) is 14.4. The van der Waals surface area contributed by atoms with Gasteiger partial charge in [-0.2, -0.15) is 0 Å². The lowest BCUT2D eigenvalue weighted by atomic mass is 10.1. The third kappa shape index (κ3) is 3.40. The van der Waals surface area contributed by atoms with E-state index in [1.54, 1.807) is 36.5 Å². The van der Waals surface area contributed by atoms with Crippen molar-refractivity contribution in [2.75, 3.05) is 5.32 Å². The van der Waals surface area contributed by atoms with Gasteiger partial charge in [-0.05, 0) is 17.7 Å². The van der Waals surface area contributed by atoms with Crippen molar-refractivity contribution in [1.82, 2.24) is 4.98 Å². The first-order valence-electron chi connectivity index (χ1n) is 5.69. The Kier molecular flexibility index (Phi) is 4.04. The summed E-state index contributed by atoms with van der Waals surface area (Å²) in [6.07, 6.45) is 0.819. The highest BCUT2D eigenvalue weighted by atomic mass is 16.3. The zero-order chi connectivity index (χ0) is 12.8. The summed E-state index contributed by atoms with van der Waals surface area (Å²) in [7, 11) is 0. The molecule has 1 aromatic heterocycles. The highest BCUT2D eigenvalue weighted by Crippen LogP contribution is 2.16. The Morgan fingerprint density at radius 1 is 1.17 bits per heavy atom. The number of benzene rings is 1. The summed E-state index contributed by atoms with van der Waals surface area (Å²) in [4.78, 5) is 15.7. The lowest BCUT2D eigenvalue weighted by molar-refractivity contribution is -0.118. The van der Waals surface area contributed by atoms with Crippen LogP contribution in [0.1, 0.15) is 18.1 Å². The summed E-state index contributed by atoms with van der Waals surface area (Å²) < 4.78 is 0. The zero-order valence-electron chi connectivity index (χ0n) is 9.78. The molecule has 0 aliphatic rings. The van der Waals surface area contributed by atoms with Crippen LogP contribution in [0.4, 0.5) is 5.82 Å². The van der Waals surface area contributed by atoms with Gasteiger partial charge < -0.3 is 10.4 Å². The van der Waals surface area contributed by atoms with Crippen molar-refractivity contribution in [1.29, 1.82) is 0 Å². The van der Waals surface area contributed by atoms with E-state index < -0.39 is 6.10 Å². The molecule has 4 heteroatoms. The van der Waals surface area contributed by atoms with Crippen LogP contribution in [0.25, 0.3) is 0 Å². The summed E-state index contributed by atoms with van der Waals surface area (Å²) >= 11 is 0. The molecule has 1 aromatic carbocycles. The molecule has 0 bridgehead atoms. The van der Waals surface area contributed by atoms with E-state index in [4.69, 9.17) is 0 Å². The van der Waals surface area contributed by atoms with E-state index in [1.807, 2.05) is 18.2 Å². The van der Waals surface area contributed by atoms with Gasteiger partial charge in [0.2, 0.25) is 5.91 Å². The van der Waals surface area contributed by atoms with E-state index >= 15 is 0 Å². The summed E-state index contributed by atoms with van der Waals surface area (Å²) in [5, 5.41) is 12.5. The number of carbonyl (C=O) groups excluding carboxylic acids is 1. The van der Waals surface area contributed by atoms with Gasteiger partial charge in [0.25, 0.3) is 0 Å². The molecule has 0 saturated carbocycles. The molecule has 1 atom stereocenters. The van der Waals surface area contributed by atoms with Crippen LogP contribution in [0, 0.1) is 0 Å². The van der Waals surface area contributed by atoms with Crippen molar-refractivity contribution >= 4 is 11.7 Å². The molecule has 1 amide bonds. The molecule has 0 spiro atoms. The van der Waals surface area contributed by atoms with Crippen LogP contribution in [0.15, 0.2) is 54.7 Å². The summed E-state index contributed by atoms with van der Waals surface area (Å²) in [5.41, 5.74) is 0.730. The van der Waals surface area contributed by atoms with Crippen molar-refractivity contribution in [3.05, 3.63) is 60.3 Å². The van der Waals surface area contributed by atoms with Crippen LogP contribution in [0.3, 0.4) is 0 Å². The summed E-state index contributed by atoms with van der Waals surface area (Å²) in [6.45, 7) is 0. The molecule has 2 rings (SSSR count). The van der Waals surface area contributed by atoms with Gasteiger partial charge in [0.1, 0.15) is 5.82 Å². The number of nitrogens with zero attached hydrogens (tertiary/aromatic N) is 1. The second kappa shape index (κ2) is 5.93. The molecule has 1 unspecified atom stereocenters. The largest absolute Gasteiger partial charge is 0.388 e. The third-order valence-electron chi connectivity index (χ3n) is 2.50. The predicted octanol–water partition coefficient (Wildman–Crippen LogP) is 2.14. The fourth-order valence-electron chi connectivity index (χ4n) is 1.60. The van der Waals surface area contributed by atoms with Gasteiger partial charge in [-0.1, -0.05) is 36.4 Å². The van der Waals surface area contributed by atoms with Crippen LogP contribution in [0.2, 0.25) is 0 Å². The first kappa shape index (κ1) is 12.3. The molecule has 0 fully saturated rings. The average Bonchev–Trinajstić information content (AvgIpc) is 2.40. The van der Waals surface area contributed by atoms with Crippen molar-refractivity contribution in [2.24, 2.45) is 0 Å². The number of anilines is 1. The second-order valence-electron chi connectivity index (χ2n) is 3.89. The molecule has 2 N–H and O–H groups in total. The molecule has 1 heterocycles. The number of nitrogens with one attached hydrogen (secondary N) is 1. The van der Waals surface area contributed by atoms with Gasteiger partial charge in [0, 0.05) is 6.20 Å². The normalized spacial score (nSPS) is 11.8. The number of carbonyl (C=O) groups is 1. The molecule has 18 heavy (non-hydrogen) atoms. The SMILES string of the molecule is O=C(CC(O)c1ccccc1)Nc1ccccn1. The minimum atomic E-state index is -0.796. The first-order valence-corrected chi connectivity index (χ1v) is 5.69. The number of aliphatic hydroxyl groups excluding tert-OH is 1. The number of rotatable bonds is 4. The maximum atomic E-state index is 11.7. The highest BCUT2D eigenvalue weighted by Gasteiger charge is 2.12. The van der Waals surface area contributed by atoms with Gasteiger partial charge in [0.05, 0.1) is 12.5 Å². The number of aromatic nitrogens is 1. The zero-order valence-corrected chi connectivity index (χ0v) is 9.78. The third-order valence-corrected chi connectivity index (χ3v) is 2.50. The molecule has 0 saturated heterocycles. The lowest BCUT2D eigenvalue weighted by Crippen LogP contribution is -2.16. The maximum absolute atomic E-state index is 11.7. The molecular formula is C14H14N2O2. The van der Waals surface area contributed by atoms with Crippen LogP contribution >= 0.6 is 0 Å². The topological polar surface area (TPSA) is 62.2 Å². The molecular weight excluding hydrogens is 228 g/mol. The van der Waals surface area contributed by atoms with Crippen molar-refractivity contribution in [3.63, 3.8) is 0 Å². The van der Waals surface area contributed by atoms with E-state index in [1.165, 1.54) is 0 Å². The Labute approximate surface area is 105 Å². The second-order valence-corrected chi connectivity index (χ2v) is 3.89. The van der Waals surface area contributed by atoms with Crippen LogP contribution in [-0.4, -0.2) is 16.0 Å². The van der Waals surface area contributed by atoms with Crippen molar-refractivity contribution in [3.8, 4) is 0 Å². The van der Waals surface area contributed by atoms with E-state index in [2.05, 4.69) is 10.3 Å². The highest BCUT2D eigenvalue weighted by molar-refractivity contribution is 5.90. The molecule has 92 valence electrons. The molecule has 2 aromatic rings. The minimum Gasteiger partial charge on any atom is -0.388 e. The lowest BCUT2D eigenvalue weighted by Gasteiger charge is -2.10. The Bertz CT molecular complexity index is 500. The minimum absolute atomic E-state index is 0.0145. The van der Waals surface area contributed by atoms with Crippen LogP contribution in [0.5, 0.6) is 0 Å². The standard InChI is InChI=1S/C14H14N2O2/c17-12(11-6-2-1-3-7-11)10-14(18)16-13-8-4-5-9-15-13/h1-9,12,17H,10H2,(H,15,16,18). The van der Waals surface area contributed by atoms with E-state index in [9.17, 15) is 9.90 Å². The van der Waals surface area contributed by atoms with Crippen molar-refractivity contribution in [2.45, 2.75) is 12.5 Å². The van der Waals surface area contributed by atoms with E-state index in [0.717, 1.165) is 5.56 Å². The number of hydrogen-bond donors (Lipinski definition) is 2. The quantitative estimate of drug-likeness (QED) is 0.863. The monoisotopic (exact) mass is 242 g/mol. The number of hydrogen-bond acceptors (Lipinski definition) is 3. The molecule has 4 nitrogen and oxygen atoms in total. The van der Waals surface area contributed by atoms with Crippen molar-refractivity contribution < 1.29 is 9.90 Å². The van der Waals surface area contributed by atoms with Gasteiger partial charge in [-0.3, -0.25) is 4.79 Å². The summed E-state index contributed by atoms with van der Waals surface area (Å²) in [5.74, 6) is 0.229. The van der Waals surface area contributed by atoms with Crippen LogP contribution in [-0.2, 0) is 4.79 Å². The molecule has 0 aliphatic carbocycles. The van der Waals surface area contributed by atoms with Gasteiger partial charge in [0.15, 0.2) is 0 Å². The Balaban J connectivity index is 1.92.